The van der Waals surface area contributed by atoms with Crippen molar-refractivity contribution in [2.75, 3.05) is 6.61 Å². The molecule has 0 bridgehead atoms. The molecule has 0 fully saturated rings. The summed E-state index contributed by atoms with van der Waals surface area (Å²) < 4.78 is 5.84. The first-order chi connectivity index (χ1) is 9.74. The number of aromatic nitrogens is 1. The van der Waals surface area contributed by atoms with Crippen molar-refractivity contribution in [1.29, 1.82) is 0 Å². The standard InChI is InChI=1S/C17H20N2O/c1-12-9-13(2)17-15(10-12)16(6-8-20-17)19-11-14-5-3-4-7-18-14/h3-5,7,9-10,16,19H,6,8,11H2,1-2H3. The molecule has 0 spiro atoms. The molecule has 0 saturated carbocycles. The van der Waals surface area contributed by atoms with E-state index in [0.29, 0.717) is 6.04 Å². The second-order valence-electron chi connectivity index (χ2n) is 5.39. The van der Waals surface area contributed by atoms with Crippen LogP contribution in [-0.2, 0) is 6.54 Å². The number of hydrogen-bond donors (Lipinski definition) is 1. The van der Waals surface area contributed by atoms with Crippen molar-refractivity contribution in [3.05, 3.63) is 58.9 Å². The van der Waals surface area contributed by atoms with Gasteiger partial charge in [0.1, 0.15) is 5.75 Å². The van der Waals surface area contributed by atoms with Crippen LogP contribution in [0.3, 0.4) is 0 Å². The van der Waals surface area contributed by atoms with E-state index in [-0.39, 0.29) is 0 Å². The number of nitrogens with one attached hydrogen (secondary N) is 1. The van der Waals surface area contributed by atoms with E-state index < -0.39 is 0 Å². The molecule has 1 aliphatic heterocycles. The average Bonchev–Trinajstić information content (AvgIpc) is 2.46. The normalized spacial score (nSPS) is 17.4. The van der Waals surface area contributed by atoms with E-state index in [2.05, 4.69) is 42.3 Å². The minimum atomic E-state index is 0.347. The summed E-state index contributed by atoms with van der Waals surface area (Å²) in [6.45, 7) is 5.82. The fourth-order valence-corrected chi connectivity index (χ4v) is 2.82. The third-order valence-electron chi connectivity index (χ3n) is 3.73. The highest BCUT2D eigenvalue weighted by molar-refractivity contribution is 5.46. The SMILES string of the molecule is Cc1cc(C)c2c(c1)C(NCc1ccccn1)CCO2. The lowest BCUT2D eigenvalue weighted by Gasteiger charge is -2.28. The van der Waals surface area contributed by atoms with Crippen LogP contribution in [0.2, 0.25) is 0 Å². The van der Waals surface area contributed by atoms with Crippen LogP contribution < -0.4 is 10.1 Å². The zero-order valence-corrected chi connectivity index (χ0v) is 12.0. The van der Waals surface area contributed by atoms with E-state index in [9.17, 15) is 0 Å². The van der Waals surface area contributed by atoms with Crippen LogP contribution in [0.5, 0.6) is 5.75 Å². The third-order valence-corrected chi connectivity index (χ3v) is 3.73. The number of rotatable bonds is 3. The number of fused-ring (bicyclic) bond motifs is 1. The lowest BCUT2D eigenvalue weighted by molar-refractivity contribution is 0.250. The Morgan fingerprint density at radius 1 is 1.30 bits per heavy atom. The van der Waals surface area contributed by atoms with Crippen molar-refractivity contribution < 1.29 is 4.74 Å². The van der Waals surface area contributed by atoms with Crippen LogP contribution in [0, 0.1) is 13.8 Å². The van der Waals surface area contributed by atoms with Gasteiger partial charge >= 0.3 is 0 Å². The summed E-state index contributed by atoms with van der Waals surface area (Å²) in [7, 11) is 0. The zero-order chi connectivity index (χ0) is 13.9. The Balaban J connectivity index is 1.80. The smallest absolute Gasteiger partial charge is 0.126 e. The molecule has 3 nitrogen and oxygen atoms in total. The predicted octanol–water partition coefficient (Wildman–Crippen LogP) is 3.31. The van der Waals surface area contributed by atoms with Crippen molar-refractivity contribution in [3.63, 3.8) is 0 Å². The second kappa shape index (κ2) is 5.63. The molecule has 3 rings (SSSR count). The van der Waals surface area contributed by atoms with Crippen LogP contribution in [-0.4, -0.2) is 11.6 Å². The number of nitrogens with zero attached hydrogens (tertiary/aromatic N) is 1. The lowest BCUT2D eigenvalue weighted by atomic mass is 9.95. The summed E-state index contributed by atoms with van der Waals surface area (Å²) in [5.74, 6) is 1.06. The molecule has 20 heavy (non-hydrogen) atoms. The van der Waals surface area contributed by atoms with Crippen molar-refractivity contribution in [1.82, 2.24) is 10.3 Å². The maximum atomic E-state index is 5.84. The molecule has 3 heteroatoms. The summed E-state index contributed by atoms with van der Waals surface area (Å²) in [5.41, 5.74) is 4.87. The topological polar surface area (TPSA) is 34.2 Å². The molecule has 1 N–H and O–H groups in total. The number of benzene rings is 1. The van der Waals surface area contributed by atoms with Crippen LogP contribution >= 0.6 is 0 Å². The monoisotopic (exact) mass is 268 g/mol. The first-order valence-corrected chi connectivity index (χ1v) is 7.11. The molecule has 0 saturated heterocycles. The Morgan fingerprint density at radius 3 is 3.00 bits per heavy atom. The van der Waals surface area contributed by atoms with Gasteiger partial charge in [0.2, 0.25) is 0 Å². The fourth-order valence-electron chi connectivity index (χ4n) is 2.82. The van der Waals surface area contributed by atoms with E-state index in [1.165, 1.54) is 16.7 Å². The summed E-state index contributed by atoms with van der Waals surface area (Å²) in [4.78, 5) is 4.36. The average molecular weight is 268 g/mol. The second-order valence-corrected chi connectivity index (χ2v) is 5.39. The summed E-state index contributed by atoms with van der Waals surface area (Å²) in [5, 5.41) is 3.61. The van der Waals surface area contributed by atoms with Crippen LogP contribution in [0.25, 0.3) is 0 Å². The molecule has 2 heterocycles. The van der Waals surface area contributed by atoms with Crippen molar-refractivity contribution in [2.45, 2.75) is 32.9 Å². The number of aryl methyl sites for hydroxylation is 2. The zero-order valence-electron chi connectivity index (χ0n) is 12.0. The number of hydrogen-bond acceptors (Lipinski definition) is 3. The summed E-state index contributed by atoms with van der Waals surface area (Å²) in [6, 6.07) is 10.8. The lowest BCUT2D eigenvalue weighted by Crippen LogP contribution is -2.27. The Morgan fingerprint density at radius 2 is 2.20 bits per heavy atom. The van der Waals surface area contributed by atoms with Gasteiger partial charge in [-0.05, 0) is 31.5 Å². The van der Waals surface area contributed by atoms with Gasteiger partial charge in [0.25, 0.3) is 0 Å². The molecule has 1 unspecified atom stereocenters. The molecule has 104 valence electrons. The molecule has 1 aliphatic rings. The van der Waals surface area contributed by atoms with Gasteiger partial charge in [0.15, 0.2) is 0 Å². The van der Waals surface area contributed by atoms with Gasteiger partial charge in [0.05, 0.1) is 12.3 Å². The molecule has 0 radical (unpaired) electrons. The number of ether oxygens (including phenoxy) is 1. The summed E-state index contributed by atoms with van der Waals surface area (Å²) in [6.07, 6.45) is 2.84. The number of pyridine rings is 1. The van der Waals surface area contributed by atoms with Gasteiger partial charge in [-0.3, -0.25) is 4.98 Å². The molecule has 1 aromatic heterocycles. The molecular formula is C17H20N2O. The Kier molecular flexibility index (Phi) is 3.70. The van der Waals surface area contributed by atoms with Crippen molar-refractivity contribution in [3.8, 4) is 5.75 Å². The Bertz CT molecular complexity index is 595. The molecule has 2 aromatic rings. The van der Waals surface area contributed by atoms with E-state index in [1.807, 2.05) is 18.3 Å². The fraction of sp³-hybridized carbons (Fsp3) is 0.353. The highest BCUT2D eigenvalue weighted by Gasteiger charge is 2.22. The van der Waals surface area contributed by atoms with Crippen LogP contribution in [0.15, 0.2) is 36.5 Å². The van der Waals surface area contributed by atoms with E-state index in [4.69, 9.17) is 4.74 Å². The largest absolute Gasteiger partial charge is 0.493 e. The molecule has 1 aromatic carbocycles. The van der Waals surface area contributed by atoms with Gasteiger partial charge in [-0.2, -0.15) is 0 Å². The van der Waals surface area contributed by atoms with Crippen LogP contribution in [0.4, 0.5) is 0 Å². The minimum absolute atomic E-state index is 0.347. The first-order valence-electron chi connectivity index (χ1n) is 7.11. The van der Waals surface area contributed by atoms with E-state index in [0.717, 1.165) is 31.0 Å². The third kappa shape index (κ3) is 2.68. The van der Waals surface area contributed by atoms with E-state index >= 15 is 0 Å². The van der Waals surface area contributed by atoms with Gasteiger partial charge < -0.3 is 10.1 Å². The summed E-state index contributed by atoms with van der Waals surface area (Å²) >= 11 is 0. The first kappa shape index (κ1) is 13.1. The maximum Gasteiger partial charge on any atom is 0.126 e. The quantitative estimate of drug-likeness (QED) is 0.927. The highest BCUT2D eigenvalue weighted by atomic mass is 16.5. The predicted molar refractivity (Wildman–Crippen MR) is 79.8 cm³/mol. The molecule has 0 aliphatic carbocycles. The van der Waals surface area contributed by atoms with Crippen molar-refractivity contribution >= 4 is 0 Å². The van der Waals surface area contributed by atoms with Gasteiger partial charge in [-0.1, -0.05) is 23.8 Å². The Labute approximate surface area is 120 Å². The maximum absolute atomic E-state index is 5.84. The van der Waals surface area contributed by atoms with Crippen LogP contribution in [0.1, 0.15) is 34.8 Å². The Hall–Kier alpha value is -1.87. The van der Waals surface area contributed by atoms with Gasteiger partial charge in [-0.15, -0.1) is 0 Å². The van der Waals surface area contributed by atoms with Gasteiger partial charge in [0, 0.05) is 30.8 Å². The molecule has 1 atom stereocenters. The highest BCUT2D eigenvalue weighted by Crippen LogP contribution is 2.35. The van der Waals surface area contributed by atoms with Gasteiger partial charge in [-0.25, -0.2) is 0 Å². The van der Waals surface area contributed by atoms with Crippen molar-refractivity contribution in [2.24, 2.45) is 0 Å². The minimum Gasteiger partial charge on any atom is -0.493 e. The van der Waals surface area contributed by atoms with E-state index in [1.54, 1.807) is 0 Å². The molecular weight excluding hydrogens is 248 g/mol. The molecule has 0 amide bonds.